The van der Waals surface area contributed by atoms with Gasteiger partial charge < -0.3 is 10.2 Å². The lowest BCUT2D eigenvalue weighted by Crippen LogP contribution is -2.38. The van der Waals surface area contributed by atoms with Crippen LogP contribution in [0.4, 0.5) is 11.5 Å². The van der Waals surface area contributed by atoms with Crippen LogP contribution in [-0.4, -0.2) is 40.5 Å². The number of piperidine rings is 1. The van der Waals surface area contributed by atoms with Crippen molar-refractivity contribution < 1.29 is 4.92 Å². The van der Waals surface area contributed by atoms with Gasteiger partial charge in [-0.3, -0.25) is 10.1 Å². The summed E-state index contributed by atoms with van der Waals surface area (Å²) in [4.78, 5) is 17.3. The number of hydrogen-bond donors (Lipinski definition) is 1. The molecule has 0 bridgehead atoms. The average Bonchev–Trinajstić information content (AvgIpc) is 2.45. The molecule has 0 saturated carbocycles. The zero-order valence-corrected chi connectivity index (χ0v) is 12.8. The zero-order chi connectivity index (χ0) is 15.2. The van der Waals surface area contributed by atoms with Crippen LogP contribution in [0.2, 0.25) is 0 Å². The highest BCUT2D eigenvalue weighted by molar-refractivity contribution is 5.59. The summed E-state index contributed by atoms with van der Waals surface area (Å²) in [5, 5.41) is 14.2. The van der Waals surface area contributed by atoms with Crippen molar-refractivity contribution in [2.45, 2.75) is 45.6 Å². The molecule has 21 heavy (non-hydrogen) atoms. The molecule has 2 rings (SSSR count). The fourth-order valence-corrected chi connectivity index (χ4v) is 2.89. The molecule has 1 aliphatic heterocycles. The minimum absolute atomic E-state index is 0.0869. The lowest BCUT2D eigenvalue weighted by Gasteiger charge is -2.33. The van der Waals surface area contributed by atoms with E-state index in [0.717, 1.165) is 13.0 Å². The van der Waals surface area contributed by atoms with E-state index < -0.39 is 0 Å². The monoisotopic (exact) mass is 292 g/mol. The Morgan fingerprint density at radius 3 is 3.05 bits per heavy atom. The first kappa shape index (κ1) is 15.7. The van der Waals surface area contributed by atoms with Gasteiger partial charge in [0.25, 0.3) is 0 Å². The summed E-state index contributed by atoms with van der Waals surface area (Å²) < 4.78 is 0. The van der Waals surface area contributed by atoms with Gasteiger partial charge in [-0.25, -0.2) is 4.98 Å². The highest BCUT2D eigenvalue weighted by Crippen LogP contribution is 2.25. The Balaban J connectivity index is 1.84. The molecule has 2 heterocycles. The van der Waals surface area contributed by atoms with Gasteiger partial charge in [-0.2, -0.15) is 0 Å². The molecule has 116 valence electrons. The largest absolute Gasteiger partial charge is 0.364 e. The van der Waals surface area contributed by atoms with Crippen molar-refractivity contribution in [3.63, 3.8) is 0 Å². The van der Waals surface area contributed by atoms with Crippen molar-refractivity contribution in [3.8, 4) is 0 Å². The molecule has 1 aliphatic rings. The zero-order valence-electron chi connectivity index (χ0n) is 12.8. The van der Waals surface area contributed by atoms with E-state index in [1.165, 1.54) is 25.8 Å². The summed E-state index contributed by atoms with van der Waals surface area (Å²) in [5.74, 6) is 0.381. The number of nitrogens with one attached hydrogen (secondary N) is 1. The summed E-state index contributed by atoms with van der Waals surface area (Å²) in [6, 6.07) is 2.32. The normalized spacial score (nSPS) is 19.4. The first-order valence-corrected chi connectivity index (χ1v) is 7.67. The average molecular weight is 292 g/mol. The molecule has 6 nitrogen and oxygen atoms in total. The molecule has 0 spiro atoms. The Morgan fingerprint density at radius 1 is 1.52 bits per heavy atom. The summed E-state index contributed by atoms with van der Waals surface area (Å²) in [5.41, 5.74) is 0.728. The van der Waals surface area contributed by atoms with Crippen LogP contribution >= 0.6 is 0 Å². The van der Waals surface area contributed by atoms with Gasteiger partial charge in [0.2, 0.25) is 5.82 Å². The van der Waals surface area contributed by atoms with Gasteiger partial charge in [0, 0.05) is 30.9 Å². The second-order valence-corrected chi connectivity index (χ2v) is 5.74. The maximum atomic E-state index is 11.1. The van der Waals surface area contributed by atoms with Crippen LogP contribution in [0, 0.1) is 17.0 Å². The minimum Gasteiger partial charge on any atom is -0.364 e. The van der Waals surface area contributed by atoms with E-state index in [1.807, 2.05) is 0 Å². The number of nitrogens with zero attached hydrogens (tertiary/aromatic N) is 3. The molecule has 1 saturated heterocycles. The fourth-order valence-electron chi connectivity index (χ4n) is 2.89. The first-order chi connectivity index (χ1) is 10.1. The molecule has 6 heteroatoms. The number of rotatable bonds is 6. The molecule has 1 unspecified atom stereocenters. The lowest BCUT2D eigenvalue weighted by atomic mass is 10.0. The highest BCUT2D eigenvalue weighted by Gasteiger charge is 2.19. The summed E-state index contributed by atoms with van der Waals surface area (Å²) in [7, 11) is 0. The van der Waals surface area contributed by atoms with Gasteiger partial charge in [0.15, 0.2) is 0 Å². The van der Waals surface area contributed by atoms with Crippen molar-refractivity contribution in [1.82, 2.24) is 9.88 Å². The third-order valence-corrected chi connectivity index (χ3v) is 4.16. The summed E-state index contributed by atoms with van der Waals surface area (Å²) >= 11 is 0. The van der Waals surface area contributed by atoms with Gasteiger partial charge in [-0.05, 0) is 45.7 Å². The van der Waals surface area contributed by atoms with Crippen molar-refractivity contribution in [2.75, 3.05) is 25.0 Å². The number of anilines is 1. The van der Waals surface area contributed by atoms with Gasteiger partial charge in [0.05, 0.1) is 4.92 Å². The third kappa shape index (κ3) is 4.14. The molecule has 0 amide bonds. The number of pyridine rings is 1. The van der Waals surface area contributed by atoms with Crippen LogP contribution in [0.5, 0.6) is 0 Å². The van der Waals surface area contributed by atoms with Crippen LogP contribution < -0.4 is 5.32 Å². The third-order valence-electron chi connectivity index (χ3n) is 4.16. The Kier molecular flexibility index (Phi) is 5.50. The first-order valence-electron chi connectivity index (χ1n) is 7.67. The van der Waals surface area contributed by atoms with E-state index in [0.29, 0.717) is 24.0 Å². The van der Waals surface area contributed by atoms with Crippen LogP contribution in [0.15, 0.2) is 12.3 Å². The SMILES string of the molecule is Cc1ccnc(NCCCN2CCCCC2C)c1[N+](=O)[O-]. The molecule has 0 radical (unpaired) electrons. The number of likely N-dealkylation sites (tertiary alicyclic amines) is 1. The minimum atomic E-state index is -0.364. The maximum Gasteiger partial charge on any atom is 0.314 e. The summed E-state index contributed by atoms with van der Waals surface area (Å²) in [6.45, 7) is 6.93. The van der Waals surface area contributed by atoms with Gasteiger partial charge in [0.1, 0.15) is 0 Å². The van der Waals surface area contributed by atoms with Crippen LogP contribution in [-0.2, 0) is 0 Å². The van der Waals surface area contributed by atoms with E-state index in [1.54, 1.807) is 19.2 Å². The molecular weight excluding hydrogens is 268 g/mol. The maximum absolute atomic E-state index is 11.1. The summed E-state index contributed by atoms with van der Waals surface area (Å²) in [6.07, 6.45) is 6.46. The molecule has 0 aliphatic carbocycles. The quantitative estimate of drug-likeness (QED) is 0.496. The Hall–Kier alpha value is -1.69. The number of nitro groups is 1. The predicted molar refractivity (Wildman–Crippen MR) is 83.6 cm³/mol. The standard InChI is InChI=1S/C15H24N4O2/c1-12-7-9-17-15(14(12)19(20)21)16-8-5-11-18-10-4-3-6-13(18)2/h7,9,13H,3-6,8,10-11H2,1-2H3,(H,16,17). The van der Waals surface area contributed by atoms with Gasteiger partial charge in [-0.1, -0.05) is 6.42 Å². The number of aryl methyl sites for hydroxylation is 1. The molecule has 1 aromatic heterocycles. The predicted octanol–water partition coefficient (Wildman–Crippen LogP) is 2.97. The topological polar surface area (TPSA) is 71.3 Å². The molecule has 0 aromatic carbocycles. The smallest absolute Gasteiger partial charge is 0.314 e. The van der Waals surface area contributed by atoms with E-state index in [2.05, 4.69) is 22.1 Å². The Morgan fingerprint density at radius 2 is 2.33 bits per heavy atom. The molecule has 1 atom stereocenters. The molecular formula is C15H24N4O2. The van der Waals surface area contributed by atoms with Crippen molar-refractivity contribution in [3.05, 3.63) is 27.9 Å². The van der Waals surface area contributed by atoms with E-state index >= 15 is 0 Å². The second-order valence-electron chi connectivity index (χ2n) is 5.74. The fraction of sp³-hybridized carbons (Fsp3) is 0.667. The number of hydrogen-bond acceptors (Lipinski definition) is 5. The van der Waals surface area contributed by atoms with Gasteiger partial charge >= 0.3 is 5.69 Å². The second kappa shape index (κ2) is 7.36. The van der Waals surface area contributed by atoms with E-state index in [4.69, 9.17) is 0 Å². The molecule has 1 aromatic rings. The lowest BCUT2D eigenvalue weighted by molar-refractivity contribution is -0.384. The van der Waals surface area contributed by atoms with Crippen molar-refractivity contribution in [2.24, 2.45) is 0 Å². The highest BCUT2D eigenvalue weighted by atomic mass is 16.6. The number of aromatic nitrogens is 1. The van der Waals surface area contributed by atoms with Gasteiger partial charge in [-0.15, -0.1) is 0 Å². The van der Waals surface area contributed by atoms with Crippen LogP contribution in [0.3, 0.4) is 0 Å². The van der Waals surface area contributed by atoms with E-state index in [-0.39, 0.29) is 10.6 Å². The van der Waals surface area contributed by atoms with Crippen molar-refractivity contribution in [1.29, 1.82) is 0 Å². The Bertz CT molecular complexity index is 493. The Labute approximate surface area is 125 Å². The molecule has 1 N–H and O–H groups in total. The van der Waals surface area contributed by atoms with E-state index in [9.17, 15) is 10.1 Å². The van der Waals surface area contributed by atoms with Crippen LogP contribution in [0.25, 0.3) is 0 Å². The van der Waals surface area contributed by atoms with Crippen molar-refractivity contribution >= 4 is 11.5 Å². The molecule has 1 fully saturated rings. The van der Waals surface area contributed by atoms with Crippen LogP contribution in [0.1, 0.15) is 38.2 Å².